The number of fused-ring (bicyclic) bond motifs is 2. The lowest BCUT2D eigenvalue weighted by Gasteiger charge is -2.38. The first kappa shape index (κ1) is 20.6. The van der Waals surface area contributed by atoms with Gasteiger partial charge < -0.3 is 10.2 Å². The minimum absolute atomic E-state index is 0.000683. The molecule has 0 atom stereocenters. The van der Waals surface area contributed by atoms with Crippen LogP contribution in [0.15, 0.2) is 88.7 Å². The zero-order valence-electron chi connectivity index (χ0n) is 17.7. The molecular weight excluding hydrogens is 418 g/mol. The van der Waals surface area contributed by atoms with Crippen LogP contribution >= 0.6 is 11.8 Å². The van der Waals surface area contributed by atoms with Crippen LogP contribution in [-0.4, -0.2) is 36.0 Å². The average Bonchev–Trinajstić information content (AvgIpc) is 2.83. The molecule has 5 rings (SSSR count). The maximum atomic E-state index is 13.6. The number of para-hydroxylation sites is 2. The summed E-state index contributed by atoms with van der Waals surface area (Å²) in [6, 6.07) is 26.0. The maximum absolute atomic E-state index is 13.6. The molecule has 6 heteroatoms. The predicted molar refractivity (Wildman–Crippen MR) is 127 cm³/mol. The average molecular weight is 444 g/mol. The summed E-state index contributed by atoms with van der Waals surface area (Å²) < 4.78 is 0. The van der Waals surface area contributed by atoms with Gasteiger partial charge in [-0.25, -0.2) is 4.79 Å². The Hall–Kier alpha value is -3.25. The summed E-state index contributed by atoms with van der Waals surface area (Å²) in [7, 11) is 0. The van der Waals surface area contributed by atoms with Gasteiger partial charge in [0.2, 0.25) is 5.91 Å². The monoisotopic (exact) mass is 443 g/mol. The van der Waals surface area contributed by atoms with Crippen molar-refractivity contribution in [1.82, 2.24) is 10.2 Å². The highest BCUT2D eigenvalue weighted by Crippen LogP contribution is 2.48. The Bertz CT molecular complexity index is 1080. The van der Waals surface area contributed by atoms with Crippen molar-refractivity contribution in [2.45, 2.75) is 35.1 Å². The second-order valence-electron chi connectivity index (χ2n) is 8.15. The first-order chi connectivity index (χ1) is 15.7. The molecule has 3 aromatic rings. The van der Waals surface area contributed by atoms with Crippen LogP contribution in [0.4, 0.5) is 16.2 Å². The number of piperidine rings is 1. The van der Waals surface area contributed by atoms with E-state index in [4.69, 9.17) is 0 Å². The Morgan fingerprint density at radius 3 is 2.00 bits per heavy atom. The zero-order chi connectivity index (χ0) is 21.9. The highest BCUT2D eigenvalue weighted by Gasteiger charge is 2.33. The number of benzene rings is 3. The minimum Gasteiger partial charge on any atom is -0.353 e. The summed E-state index contributed by atoms with van der Waals surface area (Å²) in [5, 5.41) is 3.14. The minimum atomic E-state index is -0.000683. The van der Waals surface area contributed by atoms with Crippen molar-refractivity contribution in [3.05, 3.63) is 84.4 Å². The molecule has 0 bridgehead atoms. The van der Waals surface area contributed by atoms with Gasteiger partial charge in [0.05, 0.1) is 17.8 Å². The summed E-state index contributed by atoms with van der Waals surface area (Å²) in [4.78, 5) is 31.9. The smallest absolute Gasteiger partial charge is 0.329 e. The van der Waals surface area contributed by atoms with Gasteiger partial charge in [-0.2, -0.15) is 0 Å². The Kier molecular flexibility index (Phi) is 5.86. The second kappa shape index (κ2) is 9.09. The summed E-state index contributed by atoms with van der Waals surface area (Å²) in [5.74, 6) is 0.0388. The van der Waals surface area contributed by atoms with Gasteiger partial charge in [0.25, 0.3) is 0 Å². The van der Waals surface area contributed by atoms with E-state index >= 15 is 0 Å². The largest absolute Gasteiger partial charge is 0.353 e. The van der Waals surface area contributed by atoms with Gasteiger partial charge in [-0.05, 0) is 42.7 Å². The molecule has 3 amide bonds. The van der Waals surface area contributed by atoms with Gasteiger partial charge in [-0.15, -0.1) is 0 Å². The highest BCUT2D eigenvalue weighted by molar-refractivity contribution is 7.99. The van der Waals surface area contributed by atoms with Crippen LogP contribution in [0.2, 0.25) is 0 Å². The molecule has 2 aliphatic heterocycles. The molecule has 3 aromatic carbocycles. The maximum Gasteiger partial charge on any atom is 0.329 e. The summed E-state index contributed by atoms with van der Waals surface area (Å²) in [6.45, 7) is 1.26. The summed E-state index contributed by atoms with van der Waals surface area (Å²) in [5.41, 5.74) is 2.87. The molecule has 0 aliphatic carbocycles. The van der Waals surface area contributed by atoms with Gasteiger partial charge in [0.1, 0.15) is 0 Å². The fourth-order valence-corrected chi connectivity index (χ4v) is 5.39. The number of urea groups is 1. The predicted octanol–water partition coefficient (Wildman–Crippen LogP) is 5.23. The van der Waals surface area contributed by atoms with Gasteiger partial charge in [-0.3, -0.25) is 9.69 Å². The Labute approximate surface area is 192 Å². The Balaban J connectivity index is 1.25. The lowest BCUT2D eigenvalue weighted by atomic mass is 10.0. The molecule has 0 saturated carbocycles. The molecule has 5 nitrogen and oxygen atoms in total. The number of nitrogens with zero attached hydrogens (tertiary/aromatic N) is 2. The van der Waals surface area contributed by atoms with Gasteiger partial charge in [-0.1, -0.05) is 66.4 Å². The molecule has 1 fully saturated rings. The number of amides is 3. The van der Waals surface area contributed by atoms with E-state index in [0.29, 0.717) is 19.5 Å². The van der Waals surface area contributed by atoms with E-state index in [-0.39, 0.29) is 18.0 Å². The van der Waals surface area contributed by atoms with Crippen molar-refractivity contribution in [2.75, 3.05) is 18.0 Å². The molecular formula is C26H25N3O2S. The highest BCUT2D eigenvalue weighted by atomic mass is 32.2. The lowest BCUT2D eigenvalue weighted by molar-refractivity contribution is -0.121. The van der Waals surface area contributed by atoms with E-state index < -0.39 is 0 Å². The van der Waals surface area contributed by atoms with E-state index in [9.17, 15) is 9.59 Å². The lowest BCUT2D eigenvalue weighted by Crippen LogP contribution is -2.50. The zero-order valence-corrected chi connectivity index (χ0v) is 18.6. The Morgan fingerprint density at radius 1 is 0.812 bits per heavy atom. The number of anilines is 2. The topological polar surface area (TPSA) is 52.7 Å². The van der Waals surface area contributed by atoms with Crippen LogP contribution in [-0.2, 0) is 11.2 Å². The van der Waals surface area contributed by atoms with Crippen molar-refractivity contribution < 1.29 is 9.59 Å². The quantitative estimate of drug-likeness (QED) is 0.603. The first-order valence-corrected chi connectivity index (χ1v) is 11.8. The summed E-state index contributed by atoms with van der Waals surface area (Å²) >= 11 is 1.70. The normalized spacial score (nSPS) is 15.6. The molecule has 0 unspecified atom stereocenters. The van der Waals surface area contributed by atoms with Crippen molar-refractivity contribution >= 4 is 35.1 Å². The number of nitrogens with one attached hydrogen (secondary N) is 1. The number of carbonyl (C=O) groups excluding carboxylic acids is 2. The van der Waals surface area contributed by atoms with Crippen molar-refractivity contribution in [2.24, 2.45) is 0 Å². The number of rotatable bonds is 3. The number of hydrogen-bond acceptors (Lipinski definition) is 3. The Morgan fingerprint density at radius 2 is 1.38 bits per heavy atom. The van der Waals surface area contributed by atoms with Gasteiger partial charge >= 0.3 is 6.03 Å². The fourth-order valence-electron chi connectivity index (χ4n) is 4.33. The van der Waals surface area contributed by atoms with Crippen LogP contribution in [0.5, 0.6) is 0 Å². The van der Waals surface area contributed by atoms with Crippen molar-refractivity contribution in [3.63, 3.8) is 0 Å². The fraction of sp³-hybridized carbons (Fsp3) is 0.231. The van der Waals surface area contributed by atoms with Crippen LogP contribution in [0.3, 0.4) is 0 Å². The van der Waals surface area contributed by atoms with Crippen LogP contribution < -0.4 is 10.2 Å². The second-order valence-corrected chi connectivity index (χ2v) is 9.23. The van der Waals surface area contributed by atoms with Crippen LogP contribution in [0, 0.1) is 0 Å². The van der Waals surface area contributed by atoms with Crippen molar-refractivity contribution in [1.29, 1.82) is 0 Å². The van der Waals surface area contributed by atoms with Crippen molar-refractivity contribution in [3.8, 4) is 0 Å². The summed E-state index contributed by atoms with van der Waals surface area (Å²) in [6.07, 6.45) is 1.91. The van der Waals surface area contributed by atoms with Gasteiger partial charge in [0.15, 0.2) is 0 Å². The molecule has 2 heterocycles. The van der Waals surface area contributed by atoms with E-state index in [0.717, 1.165) is 39.6 Å². The SMILES string of the molecule is O=C(Cc1ccccc1)NC1CCN(C(=O)N2c3ccccc3Sc3ccccc32)CC1. The molecule has 0 spiro atoms. The van der Waals surface area contributed by atoms with E-state index in [2.05, 4.69) is 17.4 Å². The molecule has 32 heavy (non-hydrogen) atoms. The van der Waals surface area contributed by atoms with E-state index in [1.807, 2.05) is 76.5 Å². The van der Waals surface area contributed by atoms with Gasteiger partial charge in [0, 0.05) is 28.9 Å². The molecule has 1 N–H and O–H groups in total. The molecule has 0 radical (unpaired) electrons. The van der Waals surface area contributed by atoms with E-state index in [1.165, 1.54) is 0 Å². The van der Waals surface area contributed by atoms with Crippen LogP contribution in [0.25, 0.3) is 0 Å². The third kappa shape index (κ3) is 4.23. The molecule has 2 aliphatic rings. The standard InChI is InChI=1S/C26H25N3O2S/c30-25(18-19-8-2-1-3-9-19)27-20-14-16-28(17-15-20)26(31)29-21-10-4-6-12-23(21)32-24-13-7-5-11-22(24)29/h1-13,20H,14-18H2,(H,27,30). The molecule has 1 saturated heterocycles. The molecule has 0 aromatic heterocycles. The molecule has 162 valence electrons. The number of carbonyl (C=O) groups is 2. The number of hydrogen-bond donors (Lipinski definition) is 1. The number of likely N-dealkylation sites (tertiary alicyclic amines) is 1. The first-order valence-electron chi connectivity index (χ1n) is 11.0. The van der Waals surface area contributed by atoms with E-state index in [1.54, 1.807) is 11.8 Å². The van der Waals surface area contributed by atoms with Crippen LogP contribution in [0.1, 0.15) is 18.4 Å². The third-order valence-electron chi connectivity index (χ3n) is 5.96. The third-order valence-corrected chi connectivity index (χ3v) is 7.09.